The van der Waals surface area contributed by atoms with E-state index in [1.165, 1.54) is 80.0 Å². The quantitative estimate of drug-likeness (QED) is 0.143. The van der Waals surface area contributed by atoms with Crippen molar-refractivity contribution < 1.29 is 0 Å². The van der Waals surface area contributed by atoms with Crippen molar-refractivity contribution in [1.82, 2.24) is 4.98 Å². The Labute approximate surface area is 276 Å². The van der Waals surface area contributed by atoms with E-state index < -0.39 is 0 Å². The number of pyridine rings is 1. The highest BCUT2D eigenvalue weighted by molar-refractivity contribution is 7.27. The number of fused-ring (bicyclic) bond motifs is 10. The molecule has 0 saturated heterocycles. The van der Waals surface area contributed by atoms with E-state index in [1.807, 2.05) is 17.4 Å². The van der Waals surface area contributed by atoms with Gasteiger partial charge in [-0.3, -0.25) is 0 Å². The topological polar surface area (TPSA) is 12.9 Å². The molecule has 0 fully saturated rings. The van der Waals surface area contributed by atoms with Crippen LogP contribution >= 0.6 is 11.3 Å². The summed E-state index contributed by atoms with van der Waals surface area (Å²) in [5.74, 6) is 0. The van der Waals surface area contributed by atoms with Crippen molar-refractivity contribution >= 4 is 74.6 Å². The van der Waals surface area contributed by atoms with Crippen molar-refractivity contribution in [2.45, 2.75) is 0 Å². The minimum absolute atomic E-state index is 0.982. The third kappa shape index (κ3) is 3.99. The van der Waals surface area contributed by atoms with Gasteiger partial charge in [0.15, 0.2) is 0 Å². The van der Waals surface area contributed by atoms with Crippen LogP contribution in [0.25, 0.3) is 96.9 Å². The van der Waals surface area contributed by atoms with Gasteiger partial charge >= 0.3 is 0 Å². The number of rotatable bonds is 3. The monoisotopic (exact) mass is 613 g/mol. The molecular formula is C45H27NS. The van der Waals surface area contributed by atoms with Crippen molar-refractivity contribution in [3.63, 3.8) is 0 Å². The molecule has 0 aliphatic heterocycles. The molecule has 0 bridgehead atoms. The van der Waals surface area contributed by atoms with Gasteiger partial charge in [0.2, 0.25) is 0 Å². The Morgan fingerprint density at radius 3 is 1.55 bits per heavy atom. The highest BCUT2D eigenvalue weighted by Gasteiger charge is 2.19. The van der Waals surface area contributed by atoms with Crippen LogP contribution in [0.15, 0.2) is 164 Å². The largest absolute Gasteiger partial charge is 0.248 e. The number of aromatic nitrogens is 1. The second-order valence-corrected chi connectivity index (χ2v) is 13.3. The Balaban J connectivity index is 1.26. The summed E-state index contributed by atoms with van der Waals surface area (Å²) >= 11 is 1.92. The number of hydrogen-bond donors (Lipinski definition) is 0. The summed E-state index contributed by atoms with van der Waals surface area (Å²) in [6.07, 6.45) is 0. The minimum atomic E-state index is 0.982. The van der Waals surface area contributed by atoms with Crippen LogP contribution in [0.2, 0.25) is 0 Å². The van der Waals surface area contributed by atoms with Gasteiger partial charge in [-0.2, -0.15) is 0 Å². The third-order valence-electron chi connectivity index (χ3n) is 9.64. The fourth-order valence-electron chi connectivity index (χ4n) is 7.62. The second kappa shape index (κ2) is 10.3. The zero-order valence-electron chi connectivity index (χ0n) is 25.4. The zero-order chi connectivity index (χ0) is 30.9. The van der Waals surface area contributed by atoms with Gasteiger partial charge in [-0.15, -0.1) is 11.3 Å². The maximum absolute atomic E-state index is 5.23. The van der Waals surface area contributed by atoms with Crippen LogP contribution in [0.4, 0.5) is 0 Å². The molecule has 0 aliphatic carbocycles. The third-order valence-corrected chi connectivity index (χ3v) is 10.8. The molecule has 0 atom stereocenters. The molecule has 10 aromatic rings. The van der Waals surface area contributed by atoms with E-state index in [4.69, 9.17) is 4.98 Å². The van der Waals surface area contributed by atoms with Crippen LogP contribution in [-0.4, -0.2) is 4.98 Å². The highest BCUT2D eigenvalue weighted by atomic mass is 32.1. The summed E-state index contributed by atoms with van der Waals surface area (Å²) in [4.78, 5) is 5.23. The first kappa shape index (κ1) is 26.4. The maximum atomic E-state index is 5.23. The SMILES string of the molecule is c1ccc(-c2cccc(-c3c4ccccc4c(-c4ccc5c(c4)sc4c6ccccc6c6ccccc6c54)c4ccccc34)n2)cc1. The zero-order valence-corrected chi connectivity index (χ0v) is 26.3. The molecule has 0 amide bonds. The van der Waals surface area contributed by atoms with Gasteiger partial charge in [0, 0.05) is 36.7 Å². The van der Waals surface area contributed by atoms with Crippen LogP contribution < -0.4 is 0 Å². The molecular weight excluding hydrogens is 587 g/mol. The van der Waals surface area contributed by atoms with Gasteiger partial charge in [0.05, 0.1) is 11.4 Å². The van der Waals surface area contributed by atoms with Crippen LogP contribution in [0.3, 0.4) is 0 Å². The van der Waals surface area contributed by atoms with Gasteiger partial charge in [-0.25, -0.2) is 4.98 Å². The Morgan fingerprint density at radius 1 is 0.340 bits per heavy atom. The van der Waals surface area contributed by atoms with Gasteiger partial charge < -0.3 is 0 Å². The lowest BCUT2D eigenvalue weighted by molar-refractivity contribution is 1.33. The summed E-state index contributed by atoms with van der Waals surface area (Å²) in [5, 5.41) is 12.9. The predicted molar refractivity (Wildman–Crippen MR) is 203 cm³/mol. The first-order valence-electron chi connectivity index (χ1n) is 16.1. The average molecular weight is 614 g/mol. The lowest BCUT2D eigenvalue weighted by atomic mass is 9.87. The van der Waals surface area contributed by atoms with E-state index in [-0.39, 0.29) is 0 Å². The summed E-state index contributed by atoms with van der Waals surface area (Å²) in [5.41, 5.74) is 6.78. The van der Waals surface area contributed by atoms with E-state index in [2.05, 4.69) is 158 Å². The van der Waals surface area contributed by atoms with Gasteiger partial charge in [-0.1, -0.05) is 146 Å². The Morgan fingerprint density at radius 2 is 0.872 bits per heavy atom. The van der Waals surface area contributed by atoms with E-state index >= 15 is 0 Å². The predicted octanol–water partition coefficient (Wildman–Crippen LogP) is 13.1. The molecule has 0 aliphatic rings. The Hall–Kier alpha value is -5.83. The summed E-state index contributed by atoms with van der Waals surface area (Å²) in [6.45, 7) is 0. The number of thiophene rings is 1. The van der Waals surface area contributed by atoms with Gasteiger partial charge in [0.1, 0.15) is 0 Å². The lowest BCUT2D eigenvalue weighted by Crippen LogP contribution is -1.93. The summed E-state index contributed by atoms with van der Waals surface area (Å²) in [7, 11) is 0. The molecule has 218 valence electrons. The molecule has 1 nitrogen and oxygen atoms in total. The standard InChI is InChI=1S/C45H27NS/c1-2-13-28(14-3-1)39-23-12-24-40(46-39)43-35-20-9-7-18-33(35)42(34-19-8-10-21-36(34)43)29-25-26-38-41(27-29)47-45-37-22-11-5-16-31(37)30-15-4-6-17-32(30)44(38)45/h1-27H. The van der Waals surface area contributed by atoms with Crippen LogP contribution in [0.5, 0.6) is 0 Å². The molecule has 0 N–H and O–H groups in total. The molecule has 47 heavy (non-hydrogen) atoms. The Kier molecular flexibility index (Phi) is 5.81. The summed E-state index contributed by atoms with van der Waals surface area (Å²) < 4.78 is 2.68. The minimum Gasteiger partial charge on any atom is -0.248 e. The highest BCUT2D eigenvalue weighted by Crippen LogP contribution is 2.47. The molecule has 0 unspecified atom stereocenters. The van der Waals surface area contributed by atoms with Crippen molar-refractivity contribution in [3.05, 3.63) is 164 Å². The van der Waals surface area contributed by atoms with Crippen molar-refractivity contribution in [1.29, 1.82) is 0 Å². The number of nitrogens with zero attached hydrogens (tertiary/aromatic N) is 1. The van der Waals surface area contributed by atoms with E-state index in [0.717, 1.165) is 17.0 Å². The number of hydrogen-bond acceptors (Lipinski definition) is 2. The summed E-state index contributed by atoms with van der Waals surface area (Å²) in [6, 6.07) is 59.3. The Bertz CT molecular complexity index is 2790. The molecule has 2 aromatic heterocycles. The van der Waals surface area contributed by atoms with Crippen molar-refractivity contribution in [2.75, 3.05) is 0 Å². The molecule has 0 saturated carbocycles. The van der Waals surface area contributed by atoms with Crippen LogP contribution in [0.1, 0.15) is 0 Å². The van der Waals surface area contributed by atoms with Gasteiger partial charge in [-0.05, 0) is 67.0 Å². The normalized spacial score (nSPS) is 11.8. The van der Waals surface area contributed by atoms with Crippen molar-refractivity contribution in [3.8, 4) is 33.6 Å². The van der Waals surface area contributed by atoms with E-state index in [9.17, 15) is 0 Å². The molecule has 2 heteroatoms. The fraction of sp³-hybridized carbons (Fsp3) is 0. The smallest absolute Gasteiger partial charge is 0.0722 e. The fourth-order valence-corrected chi connectivity index (χ4v) is 8.92. The van der Waals surface area contributed by atoms with Crippen LogP contribution in [0, 0.1) is 0 Å². The lowest BCUT2D eigenvalue weighted by Gasteiger charge is -2.17. The molecule has 2 heterocycles. The molecule has 10 rings (SSSR count). The van der Waals surface area contributed by atoms with E-state index in [1.54, 1.807) is 0 Å². The van der Waals surface area contributed by atoms with Gasteiger partial charge in [0.25, 0.3) is 0 Å². The number of benzene rings is 8. The van der Waals surface area contributed by atoms with Crippen LogP contribution in [-0.2, 0) is 0 Å². The first-order chi connectivity index (χ1) is 23.3. The maximum Gasteiger partial charge on any atom is 0.0722 e. The molecule has 8 aromatic carbocycles. The first-order valence-corrected chi connectivity index (χ1v) is 16.9. The van der Waals surface area contributed by atoms with Crippen molar-refractivity contribution in [2.24, 2.45) is 0 Å². The molecule has 0 spiro atoms. The molecule has 0 radical (unpaired) electrons. The van der Waals surface area contributed by atoms with E-state index in [0.29, 0.717) is 0 Å². The second-order valence-electron chi connectivity index (χ2n) is 12.2. The average Bonchev–Trinajstić information content (AvgIpc) is 3.54.